The van der Waals surface area contributed by atoms with E-state index in [1.54, 1.807) is 0 Å². The van der Waals surface area contributed by atoms with Crippen molar-refractivity contribution in [2.75, 3.05) is 13.1 Å². The van der Waals surface area contributed by atoms with Crippen molar-refractivity contribution in [2.24, 2.45) is 16.6 Å². The summed E-state index contributed by atoms with van der Waals surface area (Å²) in [5, 5.41) is 5.86. The maximum absolute atomic E-state index is 11.8. The van der Waals surface area contributed by atoms with Gasteiger partial charge in [0.1, 0.15) is 5.60 Å². The molecule has 120 valence electrons. The molecule has 0 aromatic rings. The van der Waals surface area contributed by atoms with Crippen LogP contribution in [0.2, 0.25) is 0 Å². The fourth-order valence-electron chi connectivity index (χ4n) is 1.76. The number of alkyl carbamates (subject to hydrolysis) is 1. The van der Waals surface area contributed by atoms with Crippen LogP contribution in [0.4, 0.5) is 4.79 Å². The molecule has 6 heteroatoms. The van der Waals surface area contributed by atoms with Crippen LogP contribution in [-0.4, -0.2) is 36.8 Å². The van der Waals surface area contributed by atoms with E-state index in [4.69, 9.17) is 10.5 Å². The van der Waals surface area contributed by atoms with Gasteiger partial charge in [-0.3, -0.25) is 4.99 Å². The molecule has 0 saturated heterocycles. The van der Waals surface area contributed by atoms with Gasteiger partial charge in [0.2, 0.25) is 0 Å². The standard InChI is InChI=1S/C15H28N4O2/c1-10(2)8-17-13(16)18-9-12(11-6-7-11)19-14(20)21-15(3,4)5/h11-12H,1,6-9H2,2-5H3,(H,19,20)(H3,16,17,18). The fraction of sp³-hybridized carbons (Fsp3) is 0.733. The quantitative estimate of drug-likeness (QED) is 0.396. The monoisotopic (exact) mass is 296 g/mol. The maximum atomic E-state index is 11.8. The van der Waals surface area contributed by atoms with Gasteiger partial charge >= 0.3 is 6.09 Å². The molecule has 0 heterocycles. The van der Waals surface area contributed by atoms with Gasteiger partial charge in [0.05, 0.1) is 12.6 Å². The molecule has 1 atom stereocenters. The summed E-state index contributed by atoms with van der Waals surface area (Å²) in [5.74, 6) is 0.838. The number of aliphatic imine (C=N–C) groups is 1. The Labute approximate surface area is 127 Å². The van der Waals surface area contributed by atoms with Gasteiger partial charge in [0.15, 0.2) is 5.96 Å². The number of hydrogen-bond donors (Lipinski definition) is 3. The third-order valence-electron chi connectivity index (χ3n) is 2.92. The van der Waals surface area contributed by atoms with Crippen molar-refractivity contribution in [1.82, 2.24) is 10.6 Å². The maximum Gasteiger partial charge on any atom is 0.407 e. The highest BCUT2D eigenvalue weighted by atomic mass is 16.6. The van der Waals surface area contributed by atoms with Crippen molar-refractivity contribution in [3.05, 3.63) is 12.2 Å². The Hall–Kier alpha value is -1.72. The van der Waals surface area contributed by atoms with Gasteiger partial charge in [-0.2, -0.15) is 0 Å². The molecule has 21 heavy (non-hydrogen) atoms. The van der Waals surface area contributed by atoms with Crippen LogP contribution in [0.5, 0.6) is 0 Å². The van der Waals surface area contributed by atoms with Gasteiger partial charge in [-0.25, -0.2) is 4.79 Å². The predicted molar refractivity (Wildman–Crippen MR) is 85.2 cm³/mol. The van der Waals surface area contributed by atoms with E-state index in [-0.39, 0.29) is 6.04 Å². The second kappa shape index (κ2) is 7.33. The Morgan fingerprint density at radius 3 is 2.57 bits per heavy atom. The van der Waals surface area contributed by atoms with Crippen molar-refractivity contribution in [2.45, 2.75) is 52.2 Å². The van der Waals surface area contributed by atoms with E-state index in [0.717, 1.165) is 18.4 Å². The van der Waals surface area contributed by atoms with E-state index in [1.165, 1.54) is 0 Å². The average molecular weight is 296 g/mol. The molecule has 0 aromatic heterocycles. The Bertz CT molecular complexity index is 408. The van der Waals surface area contributed by atoms with Crippen molar-refractivity contribution in [1.29, 1.82) is 0 Å². The minimum Gasteiger partial charge on any atom is -0.444 e. The van der Waals surface area contributed by atoms with Gasteiger partial charge < -0.3 is 21.1 Å². The van der Waals surface area contributed by atoms with Crippen LogP contribution < -0.4 is 16.4 Å². The second-order valence-electron chi connectivity index (χ2n) is 6.63. The first-order valence-corrected chi connectivity index (χ1v) is 7.35. The predicted octanol–water partition coefficient (Wildman–Crippen LogP) is 1.77. The number of carbonyl (C=O) groups is 1. The molecule has 1 amide bonds. The zero-order chi connectivity index (χ0) is 16.0. The first-order chi connectivity index (χ1) is 9.67. The largest absolute Gasteiger partial charge is 0.444 e. The van der Waals surface area contributed by atoms with Gasteiger partial charge in [-0.05, 0) is 46.5 Å². The normalized spacial score (nSPS) is 17.0. The van der Waals surface area contributed by atoms with Crippen LogP contribution in [0.25, 0.3) is 0 Å². The summed E-state index contributed by atoms with van der Waals surface area (Å²) in [6.07, 6.45) is 1.81. The highest BCUT2D eigenvalue weighted by Crippen LogP contribution is 2.32. The van der Waals surface area contributed by atoms with Crippen molar-refractivity contribution in [3.63, 3.8) is 0 Å². The van der Waals surface area contributed by atoms with Crippen LogP contribution in [0.3, 0.4) is 0 Å². The summed E-state index contributed by atoms with van der Waals surface area (Å²) >= 11 is 0. The minimum atomic E-state index is -0.497. The Balaban J connectivity index is 2.45. The molecule has 6 nitrogen and oxygen atoms in total. The molecule has 0 radical (unpaired) electrons. The molecular formula is C15H28N4O2. The van der Waals surface area contributed by atoms with Crippen molar-refractivity contribution >= 4 is 12.1 Å². The number of nitrogens with two attached hydrogens (primary N) is 1. The highest BCUT2D eigenvalue weighted by molar-refractivity contribution is 5.78. The SMILES string of the molecule is C=C(C)CNC(N)=NCC(NC(=O)OC(C)(C)C)C1CC1. The van der Waals surface area contributed by atoms with Gasteiger partial charge in [0.25, 0.3) is 0 Å². The van der Waals surface area contributed by atoms with Gasteiger partial charge in [-0.15, -0.1) is 0 Å². The van der Waals surface area contributed by atoms with E-state index in [9.17, 15) is 4.79 Å². The lowest BCUT2D eigenvalue weighted by molar-refractivity contribution is 0.0500. The van der Waals surface area contributed by atoms with Crippen LogP contribution in [0.15, 0.2) is 17.1 Å². The summed E-state index contributed by atoms with van der Waals surface area (Å²) in [4.78, 5) is 16.1. The Morgan fingerprint density at radius 2 is 2.10 bits per heavy atom. The van der Waals surface area contributed by atoms with Crippen molar-refractivity contribution < 1.29 is 9.53 Å². The van der Waals surface area contributed by atoms with E-state index < -0.39 is 11.7 Å². The minimum absolute atomic E-state index is 0.0231. The molecular weight excluding hydrogens is 268 g/mol. The number of amides is 1. The number of nitrogens with one attached hydrogen (secondary N) is 2. The summed E-state index contributed by atoms with van der Waals surface area (Å²) in [5.41, 5.74) is 6.27. The highest BCUT2D eigenvalue weighted by Gasteiger charge is 2.33. The molecule has 4 N–H and O–H groups in total. The average Bonchev–Trinajstić information content (AvgIpc) is 3.13. The van der Waals surface area contributed by atoms with Crippen LogP contribution in [0, 0.1) is 5.92 Å². The number of guanidine groups is 1. The third kappa shape index (κ3) is 8.22. The lowest BCUT2D eigenvalue weighted by Gasteiger charge is -2.23. The molecule has 1 rings (SSSR count). The molecule has 1 fully saturated rings. The topological polar surface area (TPSA) is 88.7 Å². The molecule has 1 saturated carbocycles. The third-order valence-corrected chi connectivity index (χ3v) is 2.92. The van der Waals surface area contributed by atoms with E-state index in [0.29, 0.717) is 25.0 Å². The lowest BCUT2D eigenvalue weighted by Crippen LogP contribution is -2.43. The van der Waals surface area contributed by atoms with Gasteiger partial charge in [-0.1, -0.05) is 12.2 Å². The van der Waals surface area contributed by atoms with Crippen LogP contribution >= 0.6 is 0 Å². The molecule has 1 aliphatic rings. The molecule has 0 aromatic carbocycles. The summed E-state index contributed by atoms with van der Waals surface area (Å²) in [6, 6.07) is -0.0231. The fourth-order valence-corrected chi connectivity index (χ4v) is 1.76. The second-order valence-corrected chi connectivity index (χ2v) is 6.63. The van der Waals surface area contributed by atoms with E-state index >= 15 is 0 Å². The summed E-state index contributed by atoms with van der Waals surface area (Å²) < 4.78 is 5.27. The number of rotatable bonds is 6. The summed E-state index contributed by atoms with van der Waals surface area (Å²) in [6.45, 7) is 12.3. The van der Waals surface area contributed by atoms with E-state index in [2.05, 4.69) is 22.2 Å². The number of hydrogen-bond acceptors (Lipinski definition) is 3. The smallest absolute Gasteiger partial charge is 0.407 e. The Morgan fingerprint density at radius 1 is 1.48 bits per heavy atom. The first-order valence-electron chi connectivity index (χ1n) is 7.35. The number of ether oxygens (including phenoxy) is 1. The first kappa shape index (κ1) is 17.3. The zero-order valence-electron chi connectivity index (χ0n) is 13.5. The van der Waals surface area contributed by atoms with Crippen molar-refractivity contribution in [3.8, 4) is 0 Å². The molecule has 0 aliphatic heterocycles. The van der Waals surface area contributed by atoms with Gasteiger partial charge in [0, 0.05) is 6.54 Å². The Kier molecular flexibility index (Phi) is 6.05. The van der Waals surface area contributed by atoms with Crippen LogP contribution in [-0.2, 0) is 4.74 Å². The van der Waals surface area contributed by atoms with Crippen LogP contribution in [0.1, 0.15) is 40.5 Å². The molecule has 0 spiro atoms. The molecule has 1 aliphatic carbocycles. The number of nitrogens with zero attached hydrogens (tertiary/aromatic N) is 1. The summed E-state index contributed by atoms with van der Waals surface area (Å²) in [7, 11) is 0. The van der Waals surface area contributed by atoms with E-state index in [1.807, 2.05) is 27.7 Å². The molecule has 1 unspecified atom stereocenters. The number of carbonyl (C=O) groups excluding carboxylic acids is 1. The molecule has 0 bridgehead atoms. The lowest BCUT2D eigenvalue weighted by atomic mass is 10.2. The zero-order valence-corrected chi connectivity index (χ0v) is 13.5.